The second-order valence-electron chi connectivity index (χ2n) is 9.61. The summed E-state index contributed by atoms with van der Waals surface area (Å²) in [5.41, 5.74) is -0.00743. The van der Waals surface area contributed by atoms with Crippen molar-refractivity contribution in [3.05, 3.63) is 53.4 Å². The number of nitrogens with zero attached hydrogens (tertiary/aromatic N) is 3. The van der Waals surface area contributed by atoms with Crippen LogP contribution >= 0.6 is 0 Å². The van der Waals surface area contributed by atoms with Crippen molar-refractivity contribution in [2.45, 2.75) is 32.3 Å². The van der Waals surface area contributed by atoms with E-state index >= 15 is 8.78 Å². The smallest absolute Gasteiger partial charge is 0.407 e. The molecule has 2 N–H and O–H groups in total. The summed E-state index contributed by atoms with van der Waals surface area (Å²) in [4.78, 5) is 41.8. The van der Waals surface area contributed by atoms with Crippen LogP contribution in [0.5, 0.6) is 0 Å². The first-order valence-corrected chi connectivity index (χ1v) is 12.1. The first kappa shape index (κ1) is 25.6. The lowest BCUT2D eigenvalue weighted by Crippen LogP contribution is -2.45. The Morgan fingerprint density at radius 2 is 1.95 bits per heavy atom. The summed E-state index contributed by atoms with van der Waals surface area (Å²) < 4.78 is 43.1. The van der Waals surface area contributed by atoms with Crippen molar-refractivity contribution in [3.63, 3.8) is 0 Å². The van der Waals surface area contributed by atoms with Gasteiger partial charge in [-0.05, 0) is 49.6 Å². The first-order chi connectivity index (χ1) is 18.1. The van der Waals surface area contributed by atoms with Crippen LogP contribution in [0.3, 0.4) is 0 Å². The number of halogens is 2. The number of aryl methyl sites for hydroxylation is 1. The van der Waals surface area contributed by atoms with Gasteiger partial charge in [-0.1, -0.05) is 0 Å². The lowest BCUT2D eigenvalue weighted by atomic mass is 10.0. The molecule has 1 aliphatic heterocycles. The van der Waals surface area contributed by atoms with Crippen molar-refractivity contribution in [1.29, 1.82) is 0 Å². The minimum absolute atomic E-state index is 0.0488. The highest BCUT2D eigenvalue weighted by Crippen LogP contribution is 2.47. The lowest BCUT2D eigenvalue weighted by molar-refractivity contribution is -0.150. The van der Waals surface area contributed by atoms with Crippen molar-refractivity contribution in [2.75, 3.05) is 32.1 Å². The number of nitrogens with one attached hydrogen (secondary N) is 1. The Kier molecular flexibility index (Phi) is 6.51. The number of pyridine rings is 1. The van der Waals surface area contributed by atoms with Gasteiger partial charge >= 0.3 is 12.1 Å². The molecule has 2 amide bonds. The average molecular weight is 529 g/mol. The molecular formula is C26H26F2N4O6. The number of rotatable bonds is 6. The normalized spacial score (nSPS) is 18.3. The number of carboxylic acid groups (broad SMARTS) is 1. The van der Waals surface area contributed by atoms with Crippen molar-refractivity contribution in [2.24, 2.45) is 5.41 Å². The van der Waals surface area contributed by atoms with E-state index in [1.165, 1.54) is 12.0 Å². The molecule has 0 spiro atoms. The summed E-state index contributed by atoms with van der Waals surface area (Å²) in [6, 6.07) is 5.55. The van der Waals surface area contributed by atoms with Crippen molar-refractivity contribution in [3.8, 4) is 11.3 Å². The number of morpholine rings is 1. The lowest BCUT2D eigenvalue weighted by Gasteiger charge is -2.31. The van der Waals surface area contributed by atoms with Crippen molar-refractivity contribution < 1.29 is 37.7 Å². The standard InChI is InChI=1S/C26H26F2N4O6/c1-14-3-6-32-19(12-16-13-31(25(35)36)7-8-38-16)22(30-20(32)9-14)21-17(27)10-15(11-18(21)28)29-23(33)26(4-5-26)24(34)37-2/h3,6,9-11,16H,4-5,7-8,12-13H2,1-2H3,(H,29,33)(H,35,36)/t16-/m0/s1. The summed E-state index contributed by atoms with van der Waals surface area (Å²) in [7, 11) is 1.18. The highest BCUT2D eigenvalue weighted by molar-refractivity contribution is 6.11. The summed E-state index contributed by atoms with van der Waals surface area (Å²) in [6.07, 6.45) is 0.866. The number of esters is 1. The number of imidazole rings is 1. The molecule has 38 heavy (non-hydrogen) atoms. The van der Waals surface area contributed by atoms with Gasteiger partial charge in [0, 0.05) is 24.8 Å². The number of hydrogen-bond acceptors (Lipinski definition) is 6. The van der Waals surface area contributed by atoms with Crippen LogP contribution in [-0.2, 0) is 25.5 Å². The number of hydrogen-bond donors (Lipinski definition) is 2. The Hall–Kier alpha value is -4.06. The number of benzene rings is 1. The second kappa shape index (κ2) is 9.67. The molecule has 1 saturated carbocycles. The molecule has 2 aromatic heterocycles. The molecule has 1 aliphatic carbocycles. The molecular weight excluding hydrogens is 502 g/mol. The Morgan fingerprint density at radius 1 is 1.24 bits per heavy atom. The molecule has 2 fully saturated rings. The maximum Gasteiger partial charge on any atom is 0.407 e. The molecule has 12 heteroatoms. The van der Waals surface area contributed by atoms with Crippen molar-refractivity contribution in [1.82, 2.24) is 14.3 Å². The fraction of sp³-hybridized carbons (Fsp3) is 0.385. The summed E-state index contributed by atoms with van der Waals surface area (Å²) in [6.45, 7) is 2.40. The van der Waals surface area contributed by atoms with E-state index in [0.29, 0.717) is 24.2 Å². The molecule has 1 saturated heterocycles. The Balaban J connectivity index is 1.50. The SMILES string of the molecule is COC(=O)C1(C(=O)Nc2cc(F)c(-c3nc4cc(C)ccn4c3C[C@H]3CN(C(=O)O)CCO3)c(F)c2)CC1. The van der Waals surface area contributed by atoms with E-state index in [-0.39, 0.29) is 43.1 Å². The van der Waals surface area contributed by atoms with Gasteiger partial charge in [0.25, 0.3) is 0 Å². The van der Waals surface area contributed by atoms with Gasteiger partial charge in [0.15, 0.2) is 0 Å². The maximum atomic E-state index is 15.5. The number of fused-ring (bicyclic) bond motifs is 1. The Bertz CT molecular complexity index is 1430. The summed E-state index contributed by atoms with van der Waals surface area (Å²) in [5.74, 6) is -3.29. The topological polar surface area (TPSA) is 122 Å². The van der Waals surface area contributed by atoms with E-state index in [9.17, 15) is 19.5 Å². The third kappa shape index (κ3) is 4.55. The fourth-order valence-corrected chi connectivity index (χ4v) is 4.79. The predicted octanol–water partition coefficient (Wildman–Crippen LogP) is 3.40. The van der Waals surface area contributed by atoms with Crippen LogP contribution in [-0.4, -0.2) is 70.3 Å². The van der Waals surface area contributed by atoms with E-state index in [1.807, 2.05) is 13.0 Å². The molecule has 1 aromatic carbocycles. The highest BCUT2D eigenvalue weighted by atomic mass is 19.1. The predicted molar refractivity (Wildman–Crippen MR) is 131 cm³/mol. The van der Waals surface area contributed by atoms with Crippen LogP contribution in [0.15, 0.2) is 30.5 Å². The van der Waals surface area contributed by atoms with Crippen molar-refractivity contribution >= 4 is 29.3 Å². The minimum atomic E-state index is -1.34. The van der Waals surface area contributed by atoms with Crippen LogP contribution in [0.25, 0.3) is 16.9 Å². The van der Waals surface area contributed by atoms with E-state index in [2.05, 4.69) is 15.0 Å². The number of aromatic nitrogens is 2. The van der Waals surface area contributed by atoms with E-state index in [1.54, 1.807) is 16.7 Å². The summed E-state index contributed by atoms with van der Waals surface area (Å²) in [5, 5.41) is 11.8. The zero-order valence-corrected chi connectivity index (χ0v) is 20.8. The number of carbonyl (C=O) groups is 3. The maximum absolute atomic E-state index is 15.5. The van der Waals surface area contributed by atoms with Crippen LogP contribution in [0.2, 0.25) is 0 Å². The van der Waals surface area contributed by atoms with E-state index in [0.717, 1.165) is 17.7 Å². The van der Waals surface area contributed by atoms with Gasteiger partial charge in [0.2, 0.25) is 5.91 Å². The number of carbonyl (C=O) groups excluding carboxylic acids is 2. The van der Waals surface area contributed by atoms with Crippen LogP contribution in [0, 0.1) is 24.0 Å². The van der Waals surface area contributed by atoms with Gasteiger partial charge in [0.05, 0.1) is 43.3 Å². The average Bonchev–Trinajstić information content (AvgIpc) is 3.62. The molecule has 5 rings (SSSR count). The van der Waals surface area contributed by atoms with Gasteiger partial charge < -0.3 is 29.2 Å². The highest BCUT2D eigenvalue weighted by Gasteiger charge is 2.57. The van der Waals surface area contributed by atoms with Gasteiger partial charge in [-0.2, -0.15) is 0 Å². The summed E-state index contributed by atoms with van der Waals surface area (Å²) >= 11 is 0. The van der Waals surface area contributed by atoms with Crippen LogP contribution in [0.1, 0.15) is 24.1 Å². The molecule has 0 bridgehead atoms. The zero-order chi connectivity index (χ0) is 27.2. The molecule has 0 radical (unpaired) electrons. The number of amides is 2. The van der Waals surface area contributed by atoms with Gasteiger partial charge in [-0.25, -0.2) is 18.6 Å². The Morgan fingerprint density at radius 3 is 2.58 bits per heavy atom. The number of methoxy groups -OCH3 is 1. The molecule has 1 atom stereocenters. The first-order valence-electron chi connectivity index (χ1n) is 12.1. The molecule has 0 unspecified atom stereocenters. The molecule has 2 aliphatic rings. The van der Waals surface area contributed by atoms with Gasteiger partial charge in [0.1, 0.15) is 22.7 Å². The van der Waals surface area contributed by atoms with E-state index < -0.39 is 41.1 Å². The van der Waals surface area contributed by atoms with Gasteiger partial charge in [-0.15, -0.1) is 0 Å². The zero-order valence-electron chi connectivity index (χ0n) is 20.8. The minimum Gasteiger partial charge on any atom is -0.468 e. The van der Waals surface area contributed by atoms with Crippen LogP contribution in [0.4, 0.5) is 19.3 Å². The third-order valence-corrected chi connectivity index (χ3v) is 7.01. The Labute approximate surface area is 216 Å². The molecule has 10 nitrogen and oxygen atoms in total. The van der Waals surface area contributed by atoms with Crippen LogP contribution < -0.4 is 5.32 Å². The largest absolute Gasteiger partial charge is 0.468 e. The molecule has 3 aromatic rings. The fourth-order valence-electron chi connectivity index (χ4n) is 4.79. The number of ether oxygens (including phenoxy) is 2. The third-order valence-electron chi connectivity index (χ3n) is 7.01. The quantitative estimate of drug-likeness (QED) is 0.371. The second-order valence-corrected chi connectivity index (χ2v) is 9.61. The number of anilines is 1. The van der Waals surface area contributed by atoms with E-state index in [4.69, 9.17) is 4.74 Å². The molecule has 200 valence electrons. The van der Waals surface area contributed by atoms with Gasteiger partial charge in [-0.3, -0.25) is 9.59 Å². The molecule has 3 heterocycles. The monoisotopic (exact) mass is 528 g/mol.